The molecule has 3 nitrogen and oxygen atoms in total. The maximum atomic E-state index is 4.75. The van der Waals surface area contributed by atoms with E-state index in [0.717, 1.165) is 29.4 Å². The Balaban J connectivity index is 1.84. The van der Waals surface area contributed by atoms with Gasteiger partial charge >= 0.3 is 0 Å². The van der Waals surface area contributed by atoms with Gasteiger partial charge in [-0.05, 0) is 12.5 Å². The molecule has 0 atom stereocenters. The van der Waals surface area contributed by atoms with Gasteiger partial charge in [0.15, 0.2) is 0 Å². The number of rotatable bonds is 4. The number of anilines is 1. The summed E-state index contributed by atoms with van der Waals surface area (Å²) < 4.78 is 0. The van der Waals surface area contributed by atoms with Crippen LogP contribution in [0.4, 0.5) is 5.95 Å². The van der Waals surface area contributed by atoms with E-state index in [2.05, 4.69) is 60.3 Å². The topological polar surface area (TPSA) is 31.9 Å². The molecule has 2 aromatic carbocycles. The molecule has 0 saturated heterocycles. The highest BCUT2D eigenvalue weighted by atomic mass is 15.2. The first-order valence-electron chi connectivity index (χ1n) is 7.11. The van der Waals surface area contributed by atoms with Gasteiger partial charge in [-0.25, -0.2) is 4.98 Å². The minimum absolute atomic E-state index is 0.835. The fraction of sp³-hybridized carbons (Fsp3) is 0.167. The second kappa shape index (κ2) is 5.83. The molecule has 0 amide bonds. The monoisotopic (exact) mass is 277 g/mol. The second-order valence-corrected chi connectivity index (χ2v) is 5.24. The van der Waals surface area contributed by atoms with Crippen LogP contribution in [0.5, 0.6) is 0 Å². The smallest absolute Gasteiger partial charge is 0.203 e. The zero-order valence-electron chi connectivity index (χ0n) is 12.4. The third-order valence-electron chi connectivity index (χ3n) is 3.54. The SMILES string of the molecule is Cc1[nH]c(N(C)Cc2ccccc2)nc1-c1ccccc1. The Bertz CT molecular complexity index is 702. The zero-order chi connectivity index (χ0) is 14.7. The van der Waals surface area contributed by atoms with Gasteiger partial charge in [-0.3, -0.25) is 0 Å². The van der Waals surface area contributed by atoms with Gasteiger partial charge < -0.3 is 9.88 Å². The van der Waals surface area contributed by atoms with Gasteiger partial charge in [-0.2, -0.15) is 0 Å². The first-order chi connectivity index (χ1) is 10.2. The van der Waals surface area contributed by atoms with Crippen LogP contribution in [-0.2, 0) is 6.54 Å². The molecular formula is C18H19N3. The molecule has 0 fully saturated rings. The second-order valence-electron chi connectivity index (χ2n) is 5.24. The molecule has 0 saturated carbocycles. The standard InChI is InChI=1S/C18H19N3/c1-14-17(16-11-7-4-8-12-16)20-18(19-14)21(2)13-15-9-5-3-6-10-15/h3-12H,13H2,1-2H3,(H,19,20). The van der Waals surface area contributed by atoms with E-state index in [9.17, 15) is 0 Å². The Morgan fingerprint density at radius 1 is 0.952 bits per heavy atom. The normalized spacial score (nSPS) is 10.6. The molecule has 21 heavy (non-hydrogen) atoms. The average molecular weight is 277 g/mol. The van der Waals surface area contributed by atoms with Gasteiger partial charge in [0.25, 0.3) is 0 Å². The predicted molar refractivity (Wildman–Crippen MR) is 87.3 cm³/mol. The van der Waals surface area contributed by atoms with Crippen LogP contribution in [0.2, 0.25) is 0 Å². The Morgan fingerprint density at radius 3 is 2.24 bits per heavy atom. The van der Waals surface area contributed by atoms with Crippen molar-refractivity contribution in [2.24, 2.45) is 0 Å². The minimum atomic E-state index is 0.835. The maximum Gasteiger partial charge on any atom is 0.203 e. The molecule has 0 aliphatic heterocycles. The van der Waals surface area contributed by atoms with Crippen LogP contribution < -0.4 is 4.90 Å². The molecule has 0 aliphatic rings. The van der Waals surface area contributed by atoms with Crippen LogP contribution in [-0.4, -0.2) is 17.0 Å². The number of benzene rings is 2. The average Bonchev–Trinajstić information content (AvgIpc) is 2.91. The summed E-state index contributed by atoms with van der Waals surface area (Å²) in [6, 6.07) is 20.7. The van der Waals surface area contributed by atoms with Crippen molar-refractivity contribution in [1.82, 2.24) is 9.97 Å². The Hall–Kier alpha value is -2.55. The van der Waals surface area contributed by atoms with Crippen LogP contribution in [0.1, 0.15) is 11.3 Å². The summed E-state index contributed by atoms with van der Waals surface area (Å²) in [5, 5.41) is 0. The quantitative estimate of drug-likeness (QED) is 0.781. The number of aromatic nitrogens is 2. The number of imidazole rings is 1. The fourth-order valence-electron chi connectivity index (χ4n) is 2.43. The highest BCUT2D eigenvalue weighted by Gasteiger charge is 2.11. The van der Waals surface area contributed by atoms with Gasteiger partial charge in [-0.15, -0.1) is 0 Å². The van der Waals surface area contributed by atoms with E-state index >= 15 is 0 Å². The van der Waals surface area contributed by atoms with E-state index in [1.165, 1.54) is 5.56 Å². The summed E-state index contributed by atoms with van der Waals surface area (Å²) in [7, 11) is 2.06. The minimum Gasteiger partial charge on any atom is -0.341 e. The third-order valence-corrected chi connectivity index (χ3v) is 3.54. The van der Waals surface area contributed by atoms with E-state index < -0.39 is 0 Å². The van der Waals surface area contributed by atoms with Crippen molar-refractivity contribution >= 4 is 5.95 Å². The van der Waals surface area contributed by atoms with Crippen LogP contribution in [0.15, 0.2) is 60.7 Å². The molecule has 0 spiro atoms. The number of aromatic amines is 1. The zero-order valence-corrected chi connectivity index (χ0v) is 12.4. The lowest BCUT2D eigenvalue weighted by molar-refractivity contribution is 0.880. The van der Waals surface area contributed by atoms with Gasteiger partial charge in [0, 0.05) is 24.8 Å². The van der Waals surface area contributed by atoms with Gasteiger partial charge in [0.05, 0.1) is 5.69 Å². The van der Waals surface area contributed by atoms with Crippen molar-refractivity contribution in [2.75, 3.05) is 11.9 Å². The van der Waals surface area contributed by atoms with E-state index in [1.54, 1.807) is 0 Å². The third kappa shape index (κ3) is 2.97. The van der Waals surface area contributed by atoms with Crippen molar-refractivity contribution in [3.8, 4) is 11.3 Å². The van der Waals surface area contributed by atoms with E-state index in [-0.39, 0.29) is 0 Å². The lowest BCUT2D eigenvalue weighted by Gasteiger charge is -2.15. The first-order valence-corrected chi connectivity index (χ1v) is 7.11. The summed E-state index contributed by atoms with van der Waals surface area (Å²) in [6.45, 7) is 2.90. The molecule has 1 N–H and O–H groups in total. The number of nitrogens with zero attached hydrogens (tertiary/aromatic N) is 2. The summed E-state index contributed by atoms with van der Waals surface area (Å²) in [5.74, 6) is 0.898. The number of H-pyrrole nitrogens is 1. The molecule has 0 aliphatic carbocycles. The number of hydrogen-bond acceptors (Lipinski definition) is 2. The Morgan fingerprint density at radius 2 is 1.57 bits per heavy atom. The fourth-order valence-corrected chi connectivity index (χ4v) is 2.43. The summed E-state index contributed by atoms with van der Waals surface area (Å²) in [4.78, 5) is 10.3. The highest BCUT2D eigenvalue weighted by Crippen LogP contribution is 2.24. The number of hydrogen-bond donors (Lipinski definition) is 1. The van der Waals surface area contributed by atoms with Gasteiger partial charge in [0.2, 0.25) is 5.95 Å². The van der Waals surface area contributed by atoms with Gasteiger partial charge in [-0.1, -0.05) is 60.7 Å². The lowest BCUT2D eigenvalue weighted by Crippen LogP contribution is -2.17. The molecule has 1 aromatic heterocycles. The summed E-state index contributed by atoms with van der Waals surface area (Å²) in [6.07, 6.45) is 0. The summed E-state index contributed by atoms with van der Waals surface area (Å²) in [5.41, 5.74) is 4.53. The molecular weight excluding hydrogens is 258 g/mol. The molecule has 3 heteroatoms. The number of nitrogens with one attached hydrogen (secondary N) is 1. The molecule has 3 rings (SSSR count). The highest BCUT2D eigenvalue weighted by molar-refractivity contribution is 5.63. The lowest BCUT2D eigenvalue weighted by atomic mass is 10.1. The van der Waals surface area contributed by atoms with E-state index in [1.807, 2.05) is 24.3 Å². The van der Waals surface area contributed by atoms with E-state index in [4.69, 9.17) is 4.98 Å². The molecule has 106 valence electrons. The predicted octanol–water partition coefficient (Wildman–Crippen LogP) is 4.02. The Labute approximate surface area is 125 Å². The van der Waals surface area contributed by atoms with Crippen LogP contribution in [0.3, 0.4) is 0 Å². The molecule has 0 bridgehead atoms. The largest absolute Gasteiger partial charge is 0.341 e. The maximum absolute atomic E-state index is 4.75. The van der Waals surface area contributed by atoms with E-state index in [0.29, 0.717) is 0 Å². The van der Waals surface area contributed by atoms with Crippen molar-refractivity contribution < 1.29 is 0 Å². The molecule has 0 radical (unpaired) electrons. The first kappa shape index (κ1) is 13.4. The molecule has 0 unspecified atom stereocenters. The number of aryl methyl sites for hydroxylation is 1. The van der Waals surface area contributed by atoms with Crippen molar-refractivity contribution in [2.45, 2.75) is 13.5 Å². The van der Waals surface area contributed by atoms with Crippen molar-refractivity contribution in [1.29, 1.82) is 0 Å². The van der Waals surface area contributed by atoms with Gasteiger partial charge in [0.1, 0.15) is 0 Å². The van der Waals surface area contributed by atoms with Crippen molar-refractivity contribution in [3.63, 3.8) is 0 Å². The van der Waals surface area contributed by atoms with Crippen LogP contribution >= 0.6 is 0 Å². The molecule has 1 heterocycles. The Kier molecular flexibility index (Phi) is 3.73. The summed E-state index contributed by atoms with van der Waals surface area (Å²) >= 11 is 0. The van der Waals surface area contributed by atoms with Crippen LogP contribution in [0, 0.1) is 6.92 Å². The van der Waals surface area contributed by atoms with Crippen LogP contribution in [0.25, 0.3) is 11.3 Å². The molecule has 3 aromatic rings. The van der Waals surface area contributed by atoms with Crippen molar-refractivity contribution in [3.05, 3.63) is 71.9 Å².